The second-order valence-electron chi connectivity index (χ2n) is 6.56. The number of nitrogen functional groups attached to an aromatic ring is 1. The SMILES string of the molecule is COc1ccccc1C(CNC(=O)Nc1ccc(C(=N)N)cc1)C(=O)NCCC(=O)O. The molecule has 0 aliphatic carbocycles. The number of benzene rings is 2. The Balaban J connectivity index is 2.07. The van der Waals surface area contributed by atoms with Gasteiger partial charge in [-0.3, -0.25) is 15.0 Å². The summed E-state index contributed by atoms with van der Waals surface area (Å²) in [5, 5.41) is 24.0. The van der Waals surface area contributed by atoms with Crippen molar-refractivity contribution < 1.29 is 24.2 Å². The van der Waals surface area contributed by atoms with E-state index in [9.17, 15) is 14.4 Å². The molecule has 0 aromatic heterocycles. The van der Waals surface area contributed by atoms with Crippen molar-refractivity contribution in [3.63, 3.8) is 0 Å². The van der Waals surface area contributed by atoms with Crippen LogP contribution in [0.5, 0.6) is 5.75 Å². The monoisotopic (exact) mass is 427 g/mol. The van der Waals surface area contributed by atoms with E-state index >= 15 is 0 Å². The molecule has 0 saturated heterocycles. The Bertz CT molecular complexity index is 945. The van der Waals surface area contributed by atoms with Crippen molar-refractivity contribution in [1.82, 2.24) is 10.6 Å². The third-order valence-electron chi connectivity index (χ3n) is 4.39. The topological polar surface area (TPSA) is 167 Å². The fraction of sp³-hybridized carbons (Fsp3) is 0.238. The zero-order valence-corrected chi connectivity index (χ0v) is 17.0. The zero-order chi connectivity index (χ0) is 22.8. The molecule has 0 bridgehead atoms. The first-order valence-electron chi connectivity index (χ1n) is 9.43. The molecule has 0 fully saturated rings. The van der Waals surface area contributed by atoms with E-state index in [2.05, 4.69) is 16.0 Å². The number of hydrogen-bond acceptors (Lipinski definition) is 5. The molecule has 10 heteroatoms. The molecule has 2 aromatic rings. The molecule has 31 heavy (non-hydrogen) atoms. The van der Waals surface area contributed by atoms with E-state index in [1.807, 2.05) is 0 Å². The molecular formula is C21H25N5O5. The number of carbonyl (C=O) groups excluding carboxylic acids is 2. The maximum Gasteiger partial charge on any atom is 0.319 e. The lowest BCUT2D eigenvalue weighted by Crippen LogP contribution is -2.39. The quantitative estimate of drug-likeness (QED) is 0.248. The molecule has 0 aliphatic rings. The Labute approximate surface area is 179 Å². The summed E-state index contributed by atoms with van der Waals surface area (Å²) in [6, 6.07) is 12.8. The molecule has 0 saturated carbocycles. The summed E-state index contributed by atoms with van der Waals surface area (Å²) in [6.45, 7) is -0.0782. The Hall–Kier alpha value is -4.08. The number of anilines is 1. The average molecular weight is 427 g/mol. The first kappa shape index (κ1) is 23.2. The van der Waals surface area contributed by atoms with Crippen molar-refractivity contribution in [3.05, 3.63) is 59.7 Å². The minimum atomic E-state index is -1.03. The molecule has 10 nitrogen and oxygen atoms in total. The third-order valence-corrected chi connectivity index (χ3v) is 4.39. The number of rotatable bonds is 10. The van der Waals surface area contributed by atoms with Gasteiger partial charge in [-0.1, -0.05) is 18.2 Å². The van der Waals surface area contributed by atoms with Crippen molar-refractivity contribution in [2.45, 2.75) is 12.3 Å². The number of carbonyl (C=O) groups is 3. The predicted molar refractivity (Wildman–Crippen MR) is 115 cm³/mol. The molecule has 0 radical (unpaired) electrons. The first-order valence-corrected chi connectivity index (χ1v) is 9.43. The molecule has 0 spiro atoms. The van der Waals surface area contributed by atoms with Crippen molar-refractivity contribution in [3.8, 4) is 5.75 Å². The van der Waals surface area contributed by atoms with Crippen molar-refractivity contribution in [2.75, 3.05) is 25.5 Å². The van der Waals surface area contributed by atoms with Gasteiger partial charge in [-0.25, -0.2) is 4.79 Å². The zero-order valence-electron chi connectivity index (χ0n) is 17.0. The smallest absolute Gasteiger partial charge is 0.319 e. The maximum atomic E-state index is 12.7. The Morgan fingerprint density at radius 2 is 1.77 bits per heavy atom. The van der Waals surface area contributed by atoms with E-state index < -0.39 is 23.8 Å². The second-order valence-corrected chi connectivity index (χ2v) is 6.56. The summed E-state index contributed by atoms with van der Waals surface area (Å²) in [7, 11) is 1.48. The average Bonchev–Trinajstić information content (AvgIpc) is 2.74. The lowest BCUT2D eigenvalue weighted by Gasteiger charge is -2.20. The molecule has 1 unspecified atom stereocenters. The van der Waals surface area contributed by atoms with Crippen LogP contribution in [0.3, 0.4) is 0 Å². The highest BCUT2D eigenvalue weighted by molar-refractivity contribution is 5.96. The Morgan fingerprint density at radius 3 is 2.39 bits per heavy atom. The number of aliphatic carboxylic acids is 1. The highest BCUT2D eigenvalue weighted by Gasteiger charge is 2.24. The van der Waals surface area contributed by atoms with Crippen LogP contribution in [-0.4, -0.2) is 49.0 Å². The van der Waals surface area contributed by atoms with E-state index in [1.54, 1.807) is 48.5 Å². The predicted octanol–water partition coefficient (Wildman–Crippen LogP) is 1.48. The minimum absolute atomic E-state index is 0.0332. The number of para-hydroxylation sites is 1. The number of amides is 3. The normalized spacial score (nSPS) is 11.1. The van der Waals surface area contributed by atoms with Crippen LogP contribution >= 0.6 is 0 Å². The molecule has 7 N–H and O–H groups in total. The van der Waals surface area contributed by atoms with Crippen molar-refractivity contribution in [2.24, 2.45) is 5.73 Å². The molecule has 164 valence electrons. The fourth-order valence-corrected chi connectivity index (χ4v) is 2.82. The number of carboxylic acid groups (broad SMARTS) is 1. The molecule has 0 heterocycles. The number of nitrogens with two attached hydrogens (primary N) is 1. The van der Waals surface area contributed by atoms with Gasteiger partial charge in [0.05, 0.1) is 19.4 Å². The third kappa shape index (κ3) is 7.03. The van der Waals surface area contributed by atoms with Gasteiger partial charge in [0.2, 0.25) is 5.91 Å². The maximum absolute atomic E-state index is 12.7. The fourth-order valence-electron chi connectivity index (χ4n) is 2.82. The highest BCUT2D eigenvalue weighted by Crippen LogP contribution is 2.26. The minimum Gasteiger partial charge on any atom is -0.496 e. The number of urea groups is 1. The van der Waals surface area contributed by atoms with Gasteiger partial charge in [0.1, 0.15) is 11.6 Å². The van der Waals surface area contributed by atoms with Crippen LogP contribution in [0.25, 0.3) is 0 Å². The number of hydrogen-bond donors (Lipinski definition) is 6. The molecule has 1 atom stereocenters. The van der Waals surface area contributed by atoms with E-state index in [0.717, 1.165) is 0 Å². The summed E-state index contributed by atoms with van der Waals surface area (Å²) in [4.78, 5) is 35.7. The van der Waals surface area contributed by atoms with Crippen LogP contribution in [0, 0.1) is 5.41 Å². The number of methoxy groups -OCH3 is 1. The van der Waals surface area contributed by atoms with Gasteiger partial charge in [-0.2, -0.15) is 0 Å². The summed E-state index contributed by atoms with van der Waals surface area (Å²) in [5.41, 5.74) is 6.98. The summed E-state index contributed by atoms with van der Waals surface area (Å²) >= 11 is 0. The Kier molecular flexibility index (Phi) is 8.38. The van der Waals surface area contributed by atoms with Gasteiger partial charge >= 0.3 is 12.0 Å². The summed E-state index contributed by atoms with van der Waals surface area (Å²) in [6.07, 6.45) is -0.214. The van der Waals surface area contributed by atoms with Crippen molar-refractivity contribution in [1.29, 1.82) is 5.41 Å². The van der Waals surface area contributed by atoms with Gasteiger partial charge in [-0.15, -0.1) is 0 Å². The van der Waals surface area contributed by atoms with Crippen LogP contribution in [0.15, 0.2) is 48.5 Å². The van der Waals surface area contributed by atoms with Crippen LogP contribution in [-0.2, 0) is 9.59 Å². The number of nitrogens with one attached hydrogen (secondary N) is 4. The number of ether oxygens (including phenoxy) is 1. The van der Waals surface area contributed by atoms with Gasteiger partial charge in [0.15, 0.2) is 0 Å². The van der Waals surface area contributed by atoms with E-state index in [0.29, 0.717) is 22.6 Å². The van der Waals surface area contributed by atoms with E-state index in [1.165, 1.54) is 7.11 Å². The second kappa shape index (κ2) is 11.2. The number of carboxylic acids is 1. The van der Waals surface area contributed by atoms with Crippen molar-refractivity contribution >= 4 is 29.4 Å². The van der Waals surface area contributed by atoms with E-state index in [-0.39, 0.29) is 25.3 Å². The lowest BCUT2D eigenvalue weighted by molar-refractivity contribution is -0.136. The molecule has 3 amide bonds. The largest absolute Gasteiger partial charge is 0.496 e. The van der Waals surface area contributed by atoms with Crippen LogP contribution in [0.1, 0.15) is 23.5 Å². The summed E-state index contributed by atoms with van der Waals surface area (Å²) < 4.78 is 5.32. The standard InChI is InChI=1S/C21H25N5O5/c1-31-17-5-3-2-4-15(17)16(20(29)24-11-10-18(27)28)12-25-21(30)26-14-8-6-13(7-9-14)19(22)23/h2-9,16H,10-12H2,1H3,(H3,22,23)(H,24,29)(H,27,28)(H2,25,26,30). The van der Waals surface area contributed by atoms with Crippen LogP contribution in [0.2, 0.25) is 0 Å². The van der Waals surface area contributed by atoms with Gasteiger partial charge < -0.3 is 31.5 Å². The molecule has 0 aliphatic heterocycles. The first-order chi connectivity index (χ1) is 14.8. The van der Waals surface area contributed by atoms with Gasteiger partial charge in [-0.05, 0) is 30.3 Å². The van der Waals surface area contributed by atoms with Gasteiger partial charge in [0, 0.05) is 29.9 Å². The Morgan fingerprint density at radius 1 is 1.10 bits per heavy atom. The number of amidine groups is 1. The summed E-state index contributed by atoms with van der Waals surface area (Å²) in [5.74, 6) is -1.86. The van der Waals surface area contributed by atoms with Crippen LogP contribution in [0.4, 0.5) is 10.5 Å². The highest BCUT2D eigenvalue weighted by atomic mass is 16.5. The van der Waals surface area contributed by atoms with Crippen LogP contribution < -0.4 is 26.4 Å². The molecule has 2 aromatic carbocycles. The van der Waals surface area contributed by atoms with Gasteiger partial charge in [0.25, 0.3) is 0 Å². The molecule has 2 rings (SSSR count). The lowest BCUT2D eigenvalue weighted by atomic mass is 9.97. The van der Waals surface area contributed by atoms with E-state index in [4.69, 9.17) is 21.0 Å². The molecular weight excluding hydrogens is 402 g/mol.